The summed E-state index contributed by atoms with van der Waals surface area (Å²) in [7, 11) is 0. The van der Waals surface area contributed by atoms with Crippen molar-refractivity contribution in [2.45, 2.75) is 95.4 Å². The van der Waals surface area contributed by atoms with Crippen molar-refractivity contribution in [1.29, 1.82) is 0 Å². The Bertz CT molecular complexity index is 1560. The van der Waals surface area contributed by atoms with E-state index in [1.54, 1.807) is 26.2 Å². The van der Waals surface area contributed by atoms with Crippen LogP contribution in [0.4, 0.5) is 0 Å². The van der Waals surface area contributed by atoms with E-state index in [4.69, 9.17) is 26.8 Å². The Balaban J connectivity index is 0.000000220. The van der Waals surface area contributed by atoms with Crippen molar-refractivity contribution in [3.63, 3.8) is 0 Å². The van der Waals surface area contributed by atoms with Crippen molar-refractivity contribution in [2.75, 3.05) is 13.2 Å². The number of rotatable bonds is 8. The minimum absolute atomic E-state index is 0. The van der Waals surface area contributed by atoms with Crippen molar-refractivity contribution in [3.8, 4) is 0 Å². The van der Waals surface area contributed by atoms with E-state index in [1.165, 1.54) is 74.9 Å². The molecule has 0 radical (unpaired) electrons. The Kier molecular flexibility index (Phi) is 16.8. The fourth-order valence-electron chi connectivity index (χ4n) is 6.53. The van der Waals surface area contributed by atoms with Gasteiger partial charge in [-0.15, -0.1) is 12.4 Å². The van der Waals surface area contributed by atoms with Crippen LogP contribution in [0.25, 0.3) is 0 Å². The summed E-state index contributed by atoms with van der Waals surface area (Å²) in [6.07, 6.45) is 19.0. The molecule has 9 nitrogen and oxygen atoms in total. The number of halogens is 2. The van der Waals surface area contributed by atoms with Crippen LogP contribution in [0.1, 0.15) is 116 Å². The Morgan fingerprint density at radius 2 is 1.08 bits per heavy atom. The molecule has 0 spiro atoms. The normalized spacial score (nSPS) is 15.8. The number of ether oxygens (including phenoxy) is 2. The van der Waals surface area contributed by atoms with Crippen molar-refractivity contribution in [2.24, 2.45) is 5.73 Å². The highest BCUT2D eigenvalue weighted by molar-refractivity contribution is 6.28. The molecule has 2 aliphatic rings. The highest BCUT2D eigenvalue weighted by Gasteiger charge is 2.35. The number of aromatic nitrogens is 4. The second-order valence-electron chi connectivity index (χ2n) is 12.5. The number of hydrogen-bond acceptors (Lipinski definition) is 9. The van der Waals surface area contributed by atoms with Gasteiger partial charge in [0, 0.05) is 42.2 Å². The zero-order valence-corrected chi connectivity index (χ0v) is 30.6. The molecule has 11 heteroatoms. The molecule has 0 atom stereocenters. The van der Waals surface area contributed by atoms with Gasteiger partial charge in [0.2, 0.25) is 5.28 Å². The van der Waals surface area contributed by atoms with Gasteiger partial charge in [0.15, 0.2) is 0 Å². The second kappa shape index (κ2) is 20.7. The summed E-state index contributed by atoms with van der Waals surface area (Å²) in [5.74, 6) is 0.00228. The van der Waals surface area contributed by atoms with Gasteiger partial charge in [-0.05, 0) is 62.3 Å². The smallest absolute Gasteiger partial charge is 0.341 e. The van der Waals surface area contributed by atoms with Crippen LogP contribution < -0.4 is 5.73 Å². The van der Waals surface area contributed by atoms with Crippen LogP contribution in [0.15, 0.2) is 85.5 Å². The SMILES string of the molecule is CCOC(=O)c1cnc(CC2(c3ccccc3)CCCCC2)nc1.CCOC(=O)c1cnc(Cl)nc1.Cl.NC1(c2ccccc2)CCCCC1. The molecule has 2 saturated carbocycles. The molecule has 2 aromatic heterocycles. The van der Waals surface area contributed by atoms with E-state index < -0.39 is 5.97 Å². The number of hydrogen-bond donors (Lipinski definition) is 1. The van der Waals surface area contributed by atoms with Gasteiger partial charge in [0.05, 0.1) is 24.3 Å². The second-order valence-corrected chi connectivity index (χ2v) is 12.9. The van der Waals surface area contributed by atoms with E-state index in [9.17, 15) is 9.59 Å². The molecule has 0 amide bonds. The minimum Gasteiger partial charge on any atom is -0.462 e. The number of nitrogens with zero attached hydrogens (tertiary/aromatic N) is 4. The predicted molar refractivity (Wildman–Crippen MR) is 199 cm³/mol. The van der Waals surface area contributed by atoms with Crippen LogP contribution in [0.2, 0.25) is 5.28 Å². The average Bonchev–Trinajstić information content (AvgIpc) is 3.14. The fraction of sp³-hybridized carbons (Fsp3) is 0.436. The first-order valence-electron chi connectivity index (χ1n) is 17.3. The number of benzene rings is 2. The molecule has 2 aliphatic carbocycles. The molecule has 2 N–H and O–H groups in total. The highest BCUT2D eigenvalue weighted by atomic mass is 35.5. The maximum Gasteiger partial charge on any atom is 0.341 e. The molecule has 268 valence electrons. The van der Waals surface area contributed by atoms with Crippen molar-refractivity contribution in [3.05, 3.63) is 119 Å². The lowest BCUT2D eigenvalue weighted by molar-refractivity contribution is 0.0515. The van der Waals surface area contributed by atoms with E-state index in [2.05, 4.69) is 80.6 Å². The molecule has 0 bridgehead atoms. The molecule has 0 unspecified atom stereocenters. The van der Waals surface area contributed by atoms with Crippen LogP contribution >= 0.6 is 24.0 Å². The maximum atomic E-state index is 11.7. The third kappa shape index (κ3) is 11.9. The van der Waals surface area contributed by atoms with E-state index in [1.807, 2.05) is 0 Å². The van der Waals surface area contributed by atoms with Crippen LogP contribution in [-0.4, -0.2) is 45.1 Å². The third-order valence-corrected chi connectivity index (χ3v) is 9.33. The van der Waals surface area contributed by atoms with Crippen molar-refractivity contribution < 1.29 is 19.1 Å². The summed E-state index contributed by atoms with van der Waals surface area (Å²) in [6.45, 7) is 4.22. The third-order valence-electron chi connectivity index (χ3n) is 9.14. The summed E-state index contributed by atoms with van der Waals surface area (Å²) < 4.78 is 9.69. The van der Waals surface area contributed by atoms with Crippen LogP contribution in [0.3, 0.4) is 0 Å². The summed E-state index contributed by atoms with van der Waals surface area (Å²) in [5, 5.41) is 0.114. The molecular weight excluding hydrogens is 673 g/mol. The van der Waals surface area contributed by atoms with Gasteiger partial charge < -0.3 is 15.2 Å². The van der Waals surface area contributed by atoms with Gasteiger partial charge in [0.1, 0.15) is 5.82 Å². The largest absolute Gasteiger partial charge is 0.462 e. The zero-order valence-electron chi connectivity index (χ0n) is 29.1. The summed E-state index contributed by atoms with van der Waals surface area (Å²) in [5.41, 5.74) is 9.88. The number of esters is 2. The first-order valence-corrected chi connectivity index (χ1v) is 17.7. The minimum atomic E-state index is -0.436. The van der Waals surface area contributed by atoms with Crippen LogP contribution in [0, 0.1) is 0 Å². The van der Waals surface area contributed by atoms with Crippen molar-refractivity contribution in [1.82, 2.24) is 19.9 Å². The Morgan fingerprint density at radius 3 is 1.54 bits per heavy atom. The monoisotopic (exact) mass is 721 g/mol. The molecule has 50 heavy (non-hydrogen) atoms. The van der Waals surface area contributed by atoms with Crippen LogP contribution in [-0.2, 0) is 26.8 Å². The zero-order chi connectivity index (χ0) is 35.0. The highest BCUT2D eigenvalue weighted by Crippen LogP contribution is 2.41. The average molecular weight is 723 g/mol. The van der Waals surface area contributed by atoms with E-state index in [-0.39, 0.29) is 34.6 Å². The Labute approximate surface area is 307 Å². The Hall–Kier alpha value is -3.92. The van der Waals surface area contributed by atoms with Gasteiger partial charge in [-0.2, -0.15) is 0 Å². The lowest BCUT2D eigenvalue weighted by atomic mass is 9.67. The van der Waals surface area contributed by atoms with Gasteiger partial charge >= 0.3 is 11.9 Å². The lowest BCUT2D eigenvalue weighted by Crippen LogP contribution is -2.38. The topological polar surface area (TPSA) is 130 Å². The quantitative estimate of drug-likeness (QED) is 0.140. The maximum absolute atomic E-state index is 11.7. The van der Waals surface area contributed by atoms with Crippen molar-refractivity contribution >= 4 is 35.9 Å². The van der Waals surface area contributed by atoms with Gasteiger partial charge in [-0.3, -0.25) is 0 Å². The van der Waals surface area contributed by atoms with Gasteiger partial charge in [-0.1, -0.05) is 99.2 Å². The molecule has 2 heterocycles. The molecular formula is C39H49Cl2N5O4. The summed E-state index contributed by atoms with van der Waals surface area (Å²) >= 11 is 5.42. The fourth-order valence-corrected chi connectivity index (χ4v) is 6.63. The van der Waals surface area contributed by atoms with E-state index in [0.717, 1.165) is 25.1 Å². The molecule has 6 rings (SSSR count). The van der Waals surface area contributed by atoms with E-state index >= 15 is 0 Å². The first kappa shape index (κ1) is 40.5. The van der Waals surface area contributed by atoms with Gasteiger partial charge in [0.25, 0.3) is 0 Å². The van der Waals surface area contributed by atoms with E-state index in [0.29, 0.717) is 24.3 Å². The number of nitrogens with two attached hydrogens (primary N) is 1. The first-order chi connectivity index (χ1) is 23.8. The predicted octanol–water partition coefficient (Wildman–Crippen LogP) is 8.63. The molecule has 2 aromatic carbocycles. The molecule has 0 aliphatic heterocycles. The number of carbonyl (C=O) groups excluding carboxylic acids is 2. The standard InChI is InChI=1S/C20H24N2O2.C12H17N.C7H7ClN2O2.ClH/c1-2-24-19(23)16-14-21-18(22-15-16)13-20(11-7-4-8-12-20)17-9-5-3-6-10-17;13-12(9-5-2-6-10-12)11-7-3-1-4-8-11;1-2-12-6(11)5-3-9-7(8)10-4-5;/h3,5-6,9-10,14-15H,2,4,7-8,11-13H2,1H3;1,3-4,7-8H,2,5-6,9-10,13H2;3-4H,2H2,1H3;1H. The van der Waals surface area contributed by atoms with Gasteiger partial charge in [-0.25, -0.2) is 29.5 Å². The lowest BCUT2D eigenvalue weighted by Gasteiger charge is -2.37. The molecule has 2 fully saturated rings. The molecule has 0 saturated heterocycles. The summed E-state index contributed by atoms with van der Waals surface area (Å²) in [4.78, 5) is 38.9. The molecule has 4 aromatic rings. The number of carbonyl (C=O) groups is 2. The van der Waals surface area contributed by atoms with Crippen LogP contribution in [0.5, 0.6) is 0 Å². The summed E-state index contributed by atoms with van der Waals surface area (Å²) in [6, 6.07) is 21.2. The Morgan fingerprint density at radius 1 is 0.660 bits per heavy atom.